The third-order valence-electron chi connectivity index (χ3n) is 3.87. The van der Waals surface area contributed by atoms with E-state index in [-0.39, 0.29) is 17.9 Å². The van der Waals surface area contributed by atoms with Gasteiger partial charge < -0.3 is 5.32 Å². The molecule has 1 aliphatic heterocycles. The van der Waals surface area contributed by atoms with Gasteiger partial charge in [0.25, 0.3) is 0 Å². The Morgan fingerprint density at radius 1 is 1.29 bits per heavy atom. The summed E-state index contributed by atoms with van der Waals surface area (Å²) in [6, 6.07) is 8.33. The van der Waals surface area contributed by atoms with Crippen molar-refractivity contribution in [2.45, 2.75) is 38.5 Å². The Labute approximate surface area is 130 Å². The molecule has 1 aromatic carbocycles. The highest BCUT2D eigenvalue weighted by atomic mass is 32.2. The molecule has 1 fully saturated rings. The summed E-state index contributed by atoms with van der Waals surface area (Å²) in [5, 5.41) is 3.57. The predicted octanol–water partition coefficient (Wildman–Crippen LogP) is 3.86. The average molecular weight is 302 g/mol. The molecular weight excluding hydrogens is 280 g/mol. The summed E-state index contributed by atoms with van der Waals surface area (Å²) in [6.45, 7) is 12.0. The van der Waals surface area contributed by atoms with E-state index in [1.807, 2.05) is 20.8 Å². The topological polar surface area (TPSA) is 41.5 Å². The van der Waals surface area contributed by atoms with Gasteiger partial charge in [-0.25, -0.2) is 0 Å². The summed E-state index contributed by atoms with van der Waals surface area (Å²) in [5.41, 5.74) is 2.37. The van der Waals surface area contributed by atoms with Crippen LogP contribution in [0.25, 0.3) is 0 Å². The summed E-state index contributed by atoms with van der Waals surface area (Å²) in [5.74, 6) is 0.148. The molecule has 1 amide bonds. The monoisotopic (exact) mass is 302 g/mol. The molecule has 2 atom stereocenters. The molecular formula is C17H22N2OS. The largest absolute Gasteiger partial charge is 0.304 e. The van der Waals surface area contributed by atoms with Crippen LogP contribution >= 0.6 is 11.8 Å². The van der Waals surface area contributed by atoms with Gasteiger partial charge in [0, 0.05) is 0 Å². The Balaban J connectivity index is 2.21. The van der Waals surface area contributed by atoms with Crippen molar-refractivity contribution in [1.29, 1.82) is 0 Å². The van der Waals surface area contributed by atoms with E-state index in [0.29, 0.717) is 5.17 Å². The van der Waals surface area contributed by atoms with Crippen LogP contribution in [0.1, 0.15) is 37.9 Å². The molecule has 1 heterocycles. The highest BCUT2D eigenvalue weighted by Gasteiger charge is 2.46. The molecule has 2 rings (SSSR count). The fourth-order valence-corrected chi connectivity index (χ4v) is 3.47. The van der Waals surface area contributed by atoms with E-state index in [1.165, 1.54) is 17.3 Å². The van der Waals surface area contributed by atoms with Crippen LogP contribution in [-0.4, -0.2) is 15.8 Å². The Morgan fingerprint density at radius 3 is 2.38 bits per heavy atom. The number of carbonyl (C=O) groups is 1. The normalized spacial score (nSPS) is 25.2. The van der Waals surface area contributed by atoms with Crippen molar-refractivity contribution < 1.29 is 4.79 Å². The standard InChI is InChI=1S/C17H22N2OS/c1-6-17(11(2)3)15(20)19-16(21-17)18-13(5)14-9-7-12(4)8-10-14/h6-11,13H,1H2,2-5H3,(H,18,19,20)/t13-,17+/m0/s1. The van der Waals surface area contributed by atoms with Gasteiger partial charge in [0.1, 0.15) is 4.75 Å². The fraction of sp³-hybridized carbons (Fsp3) is 0.412. The second-order valence-electron chi connectivity index (χ2n) is 5.73. The number of nitrogens with zero attached hydrogens (tertiary/aromatic N) is 1. The number of nitrogens with one attached hydrogen (secondary N) is 1. The molecule has 1 aliphatic rings. The smallest absolute Gasteiger partial charge is 0.246 e. The molecule has 1 saturated heterocycles. The van der Waals surface area contributed by atoms with E-state index >= 15 is 0 Å². The molecule has 0 bridgehead atoms. The highest BCUT2D eigenvalue weighted by molar-refractivity contribution is 8.16. The number of aliphatic imine (C=N–C) groups is 1. The first kappa shape index (κ1) is 15.8. The minimum absolute atomic E-state index is 0.0150. The maximum atomic E-state index is 12.3. The van der Waals surface area contributed by atoms with Crippen LogP contribution in [0, 0.1) is 12.8 Å². The second-order valence-corrected chi connectivity index (χ2v) is 7.00. The number of hydrogen-bond acceptors (Lipinski definition) is 3. The summed E-state index contributed by atoms with van der Waals surface area (Å²) >= 11 is 1.47. The number of aryl methyl sites for hydroxylation is 1. The Morgan fingerprint density at radius 2 is 1.90 bits per heavy atom. The van der Waals surface area contributed by atoms with Crippen molar-refractivity contribution in [2.24, 2.45) is 10.9 Å². The van der Waals surface area contributed by atoms with Crippen molar-refractivity contribution in [2.75, 3.05) is 0 Å². The maximum Gasteiger partial charge on any atom is 0.246 e. The van der Waals surface area contributed by atoms with Crippen LogP contribution in [0.4, 0.5) is 0 Å². The molecule has 4 heteroatoms. The number of thioether (sulfide) groups is 1. The molecule has 0 saturated carbocycles. The van der Waals surface area contributed by atoms with Crippen molar-refractivity contribution >= 4 is 22.8 Å². The summed E-state index contributed by atoms with van der Waals surface area (Å²) in [7, 11) is 0. The molecule has 112 valence electrons. The average Bonchev–Trinajstić information content (AvgIpc) is 2.76. The van der Waals surface area contributed by atoms with Gasteiger partial charge in [0.05, 0.1) is 6.04 Å². The number of benzene rings is 1. The lowest BCUT2D eigenvalue weighted by Crippen LogP contribution is -2.39. The quantitative estimate of drug-likeness (QED) is 0.858. The third kappa shape index (κ3) is 3.05. The van der Waals surface area contributed by atoms with E-state index < -0.39 is 4.75 Å². The number of carbonyl (C=O) groups excluding carboxylic acids is 1. The number of amides is 1. The van der Waals surface area contributed by atoms with Crippen LogP contribution in [0.2, 0.25) is 0 Å². The molecule has 0 spiro atoms. The van der Waals surface area contributed by atoms with E-state index in [0.717, 1.165) is 5.56 Å². The first-order valence-corrected chi connectivity index (χ1v) is 7.99. The Hall–Kier alpha value is -1.55. The van der Waals surface area contributed by atoms with Crippen molar-refractivity contribution in [3.8, 4) is 0 Å². The minimum atomic E-state index is -0.605. The molecule has 1 N–H and O–H groups in total. The second kappa shape index (κ2) is 6.06. The lowest BCUT2D eigenvalue weighted by atomic mass is 9.94. The van der Waals surface area contributed by atoms with E-state index in [4.69, 9.17) is 0 Å². The van der Waals surface area contributed by atoms with Gasteiger partial charge in [0.2, 0.25) is 5.91 Å². The number of hydrogen-bond donors (Lipinski definition) is 1. The molecule has 0 aromatic heterocycles. The van der Waals surface area contributed by atoms with E-state index in [1.54, 1.807) is 6.08 Å². The zero-order chi connectivity index (χ0) is 15.6. The van der Waals surface area contributed by atoms with Crippen molar-refractivity contribution in [3.63, 3.8) is 0 Å². The van der Waals surface area contributed by atoms with Gasteiger partial charge in [-0.3, -0.25) is 9.79 Å². The molecule has 1 aromatic rings. The number of amidine groups is 1. The minimum Gasteiger partial charge on any atom is -0.304 e. The SMILES string of the molecule is C=C[C@]1(C(C)C)SC(=N[C@@H](C)c2ccc(C)cc2)NC1=O. The fourth-order valence-electron chi connectivity index (χ4n) is 2.33. The van der Waals surface area contributed by atoms with Gasteiger partial charge in [0.15, 0.2) is 5.17 Å². The lowest BCUT2D eigenvalue weighted by Gasteiger charge is -2.24. The molecule has 0 unspecified atom stereocenters. The van der Waals surface area contributed by atoms with Gasteiger partial charge >= 0.3 is 0 Å². The summed E-state index contributed by atoms with van der Waals surface area (Å²) in [4.78, 5) is 16.9. The summed E-state index contributed by atoms with van der Waals surface area (Å²) < 4.78 is -0.605. The zero-order valence-electron chi connectivity index (χ0n) is 13.0. The van der Waals surface area contributed by atoms with Crippen LogP contribution in [0.5, 0.6) is 0 Å². The molecule has 21 heavy (non-hydrogen) atoms. The van der Waals surface area contributed by atoms with Gasteiger partial charge in [-0.15, -0.1) is 6.58 Å². The van der Waals surface area contributed by atoms with Crippen LogP contribution < -0.4 is 5.32 Å². The van der Waals surface area contributed by atoms with Crippen LogP contribution in [-0.2, 0) is 4.79 Å². The van der Waals surface area contributed by atoms with Crippen molar-refractivity contribution in [3.05, 3.63) is 48.0 Å². The first-order chi connectivity index (χ1) is 9.89. The third-order valence-corrected chi connectivity index (χ3v) is 5.43. The Bertz CT molecular complexity index is 577. The van der Waals surface area contributed by atoms with Crippen molar-refractivity contribution in [1.82, 2.24) is 5.32 Å². The van der Waals surface area contributed by atoms with E-state index in [9.17, 15) is 4.79 Å². The van der Waals surface area contributed by atoms with Gasteiger partial charge in [-0.2, -0.15) is 0 Å². The van der Waals surface area contributed by atoms with Gasteiger partial charge in [-0.05, 0) is 25.3 Å². The zero-order valence-corrected chi connectivity index (χ0v) is 13.8. The highest BCUT2D eigenvalue weighted by Crippen LogP contribution is 2.40. The predicted molar refractivity (Wildman–Crippen MR) is 90.5 cm³/mol. The van der Waals surface area contributed by atoms with Crippen LogP contribution in [0.15, 0.2) is 41.9 Å². The lowest BCUT2D eigenvalue weighted by molar-refractivity contribution is -0.121. The molecule has 3 nitrogen and oxygen atoms in total. The first-order valence-electron chi connectivity index (χ1n) is 7.17. The van der Waals surface area contributed by atoms with Crippen LogP contribution in [0.3, 0.4) is 0 Å². The molecule has 0 radical (unpaired) electrons. The number of rotatable bonds is 4. The summed E-state index contributed by atoms with van der Waals surface area (Å²) in [6.07, 6.45) is 1.73. The van der Waals surface area contributed by atoms with E-state index in [2.05, 4.69) is 48.1 Å². The molecule has 0 aliphatic carbocycles. The Kier molecular flexibility index (Phi) is 4.57. The van der Waals surface area contributed by atoms with Gasteiger partial charge in [-0.1, -0.05) is 61.5 Å². The maximum absolute atomic E-state index is 12.3.